The molecule has 0 atom stereocenters. The zero-order chi connectivity index (χ0) is 14.8. The Morgan fingerprint density at radius 1 is 1.10 bits per heavy atom. The predicted octanol–water partition coefficient (Wildman–Crippen LogP) is 3.56. The van der Waals surface area contributed by atoms with E-state index >= 15 is 0 Å². The number of carbonyl (C=O) groups excluding carboxylic acids is 1. The summed E-state index contributed by atoms with van der Waals surface area (Å²) in [4.78, 5) is 22.3. The highest BCUT2D eigenvalue weighted by Crippen LogP contribution is 2.26. The summed E-state index contributed by atoms with van der Waals surface area (Å²) in [6, 6.07) is 11.0. The van der Waals surface area contributed by atoms with Crippen molar-refractivity contribution in [3.63, 3.8) is 0 Å². The minimum Gasteiger partial charge on any atom is -0.311 e. The van der Waals surface area contributed by atoms with Crippen LogP contribution in [0.5, 0.6) is 0 Å². The van der Waals surface area contributed by atoms with Gasteiger partial charge in [0.1, 0.15) is 5.15 Å². The first-order valence-corrected chi connectivity index (χ1v) is 6.77. The van der Waals surface area contributed by atoms with Crippen molar-refractivity contribution in [3.05, 3.63) is 65.7 Å². The monoisotopic (exact) mass is 297 g/mol. The SMILES string of the molecule is CN(C(=O)c1cnc(Cl)c2ccccc12)c1ccncc1. The summed E-state index contributed by atoms with van der Waals surface area (Å²) in [5, 5.41) is 1.96. The van der Waals surface area contributed by atoms with Crippen LogP contribution in [0, 0.1) is 0 Å². The molecule has 0 fully saturated rings. The van der Waals surface area contributed by atoms with Crippen LogP contribution in [-0.2, 0) is 0 Å². The Kier molecular flexibility index (Phi) is 3.54. The molecule has 0 N–H and O–H groups in total. The van der Waals surface area contributed by atoms with Crippen molar-refractivity contribution in [2.45, 2.75) is 0 Å². The molecule has 0 aliphatic carbocycles. The van der Waals surface area contributed by atoms with Crippen LogP contribution in [-0.4, -0.2) is 22.9 Å². The van der Waals surface area contributed by atoms with E-state index in [2.05, 4.69) is 9.97 Å². The Morgan fingerprint density at radius 2 is 1.76 bits per heavy atom. The number of rotatable bonds is 2. The zero-order valence-electron chi connectivity index (χ0n) is 11.3. The van der Waals surface area contributed by atoms with Gasteiger partial charge in [-0.25, -0.2) is 4.98 Å². The largest absolute Gasteiger partial charge is 0.311 e. The van der Waals surface area contributed by atoms with Gasteiger partial charge in [-0.05, 0) is 17.5 Å². The lowest BCUT2D eigenvalue weighted by molar-refractivity contribution is 0.0994. The molecule has 0 unspecified atom stereocenters. The first-order valence-electron chi connectivity index (χ1n) is 6.40. The number of benzene rings is 1. The molecule has 3 aromatic rings. The summed E-state index contributed by atoms with van der Waals surface area (Å²) < 4.78 is 0. The van der Waals surface area contributed by atoms with Gasteiger partial charge < -0.3 is 4.90 Å². The molecule has 2 heterocycles. The molecule has 2 aromatic heterocycles. The Morgan fingerprint density at radius 3 is 2.48 bits per heavy atom. The maximum absolute atomic E-state index is 12.7. The average Bonchev–Trinajstić information content (AvgIpc) is 2.55. The zero-order valence-corrected chi connectivity index (χ0v) is 12.1. The highest BCUT2D eigenvalue weighted by atomic mass is 35.5. The minimum absolute atomic E-state index is 0.137. The summed E-state index contributed by atoms with van der Waals surface area (Å²) in [6.45, 7) is 0. The molecule has 0 spiro atoms. The van der Waals surface area contributed by atoms with Crippen LogP contribution in [0.1, 0.15) is 10.4 Å². The number of hydrogen-bond acceptors (Lipinski definition) is 3. The molecule has 0 aliphatic rings. The summed E-state index contributed by atoms with van der Waals surface area (Å²) >= 11 is 6.09. The number of nitrogens with zero attached hydrogens (tertiary/aromatic N) is 3. The molecule has 0 aliphatic heterocycles. The summed E-state index contributed by atoms with van der Waals surface area (Å²) in [5.41, 5.74) is 1.29. The number of pyridine rings is 2. The Balaban J connectivity index is 2.09. The third-order valence-electron chi connectivity index (χ3n) is 3.33. The fourth-order valence-corrected chi connectivity index (χ4v) is 2.41. The van der Waals surface area contributed by atoms with Gasteiger partial charge in [0.25, 0.3) is 5.91 Å². The smallest absolute Gasteiger partial charge is 0.260 e. The third-order valence-corrected chi connectivity index (χ3v) is 3.63. The molecular formula is C16H12ClN3O. The van der Waals surface area contributed by atoms with Crippen molar-refractivity contribution in [2.24, 2.45) is 0 Å². The predicted molar refractivity (Wildman–Crippen MR) is 83.7 cm³/mol. The molecule has 0 saturated heterocycles. The third kappa shape index (κ3) is 2.45. The molecule has 0 radical (unpaired) electrons. The van der Waals surface area contributed by atoms with Crippen molar-refractivity contribution in [2.75, 3.05) is 11.9 Å². The van der Waals surface area contributed by atoms with E-state index in [9.17, 15) is 4.79 Å². The van der Waals surface area contributed by atoms with Gasteiger partial charge in [-0.3, -0.25) is 9.78 Å². The fraction of sp³-hybridized carbons (Fsp3) is 0.0625. The van der Waals surface area contributed by atoms with Gasteiger partial charge in [-0.15, -0.1) is 0 Å². The van der Waals surface area contributed by atoms with Crippen molar-refractivity contribution in [3.8, 4) is 0 Å². The van der Waals surface area contributed by atoms with Crippen LogP contribution in [0.2, 0.25) is 5.15 Å². The van der Waals surface area contributed by atoms with E-state index in [1.807, 2.05) is 24.3 Å². The summed E-state index contributed by atoms with van der Waals surface area (Å²) in [5.74, 6) is -0.137. The van der Waals surface area contributed by atoms with Crippen molar-refractivity contribution >= 4 is 34.0 Å². The number of halogens is 1. The van der Waals surface area contributed by atoms with Gasteiger partial charge in [0.15, 0.2) is 0 Å². The molecule has 1 amide bonds. The van der Waals surface area contributed by atoms with Crippen LogP contribution in [0.15, 0.2) is 55.0 Å². The van der Waals surface area contributed by atoms with E-state index in [1.165, 1.54) is 6.20 Å². The Labute approximate surface area is 127 Å². The van der Waals surface area contributed by atoms with Gasteiger partial charge in [0.2, 0.25) is 0 Å². The topological polar surface area (TPSA) is 46.1 Å². The second-order valence-corrected chi connectivity index (χ2v) is 4.94. The second-order valence-electron chi connectivity index (χ2n) is 4.58. The first-order chi connectivity index (χ1) is 10.2. The van der Waals surface area contributed by atoms with Crippen LogP contribution in [0.4, 0.5) is 5.69 Å². The number of aromatic nitrogens is 2. The standard InChI is InChI=1S/C16H12ClN3O/c1-20(11-6-8-18-9-7-11)16(21)14-10-19-15(17)13-5-3-2-4-12(13)14/h2-10H,1H3. The van der Waals surface area contributed by atoms with E-state index in [0.29, 0.717) is 10.7 Å². The van der Waals surface area contributed by atoms with Crippen LogP contribution in [0.25, 0.3) is 10.8 Å². The summed E-state index contributed by atoms with van der Waals surface area (Å²) in [6.07, 6.45) is 4.82. The fourth-order valence-electron chi connectivity index (χ4n) is 2.19. The molecule has 1 aromatic carbocycles. The molecule has 5 heteroatoms. The number of anilines is 1. The quantitative estimate of drug-likeness (QED) is 0.679. The molecule has 0 saturated carbocycles. The second kappa shape index (κ2) is 5.50. The van der Waals surface area contributed by atoms with E-state index in [0.717, 1.165) is 16.5 Å². The lowest BCUT2D eigenvalue weighted by Crippen LogP contribution is -2.26. The van der Waals surface area contributed by atoms with Gasteiger partial charge >= 0.3 is 0 Å². The van der Waals surface area contributed by atoms with Crippen molar-refractivity contribution in [1.29, 1.82) is 0 Å². The molecule has 21 heavy (non-hydrogen) atoms. The molecule has 104 valence electrons. The van der Waals surface area contributed by atoms with E-state index < -0.39 is 0 Å². The van der Waals surface area contributed by atoms with Gasteiger partial charge in [-0.1, -0.05) is 35.9 Å². The minimum atomic E-state index is -0.137. The summed E-state index contributed by atoms with van der Waals surface area (Å²) in [7, 11) is 1.72. The van der Waals surface area contributed by atoms with Crippen LogP contribution in [0.3, 0.4) is 0 Å². The lowest BCUT2D eigenvalue weighted by atomic mass is 10.1. The maximum atomic E-state index is 12.7. The maximum Gasteiger partial charge on any atom is 0.260 e. The van der Waals surface area contributed by atoms with E-state index in [-0.39, 0.29) is 5.91 Å². The molecule has 3 rings (SSSR count). The van der Waals surface area contributed by atoms with Crippen molar-refractivity contribution < 1.29 is 4.79 Å². The first kappa shape index (κ1) is 13.5. The highest BCUT2D eigenvalue weighted by molar-refractivity contribution is 6.35. The van der Waals surface area contributed by atoms with Gasteiger partial charge in [-0.2, -0.15) is 0 Å². The number of amides is 1. The number of hydrogen-bond donors (Lipinski definition) is 0. The average molecular weight is 298 g/mol. The Bertz CT molecular complexity index is 805. The molecule has 0 bridgehead atoms. The van der Waals surface area contributed by atoms with E-state index in [4.69, 9.17) is 11.6 Å². The van der Waals surface area contributed by atoms with Crippen LogP contribution >= 0.6 is 11.6 Å². The normalized spacial score (nSPS) is 10.6. The van der Waals surface area contributed by atoms with Crippen molar-refractivity contribution in [1.82, 2.24) is 9.97 Å². The number of carbonyl (C=O) groups is 1. The highest BCUT2D eigenvalue weighted by Gasteiger charge is 2.17. The van der Waals surface area contributed by atoms with Gasteiger partial charge in [0, 0.05) is 36.7 Å². The molecular weight excluding hydrogens is 286 g/mol. The number of fused-ring (bicyclic) bond motifs is 1. The van der Waals surface area contributed by atoms with Crippen LogP contribution < -0.4 is 4.90 Å². The lowest BCUT2D eigenvalue weighted by Gasteiger charge is -2.18. The van der Waals surface area contributed by atoms with E-state index in [1.54, 1.807) is 36.5 Å². The molecule has 4 nitrogen and oxygen atoms in total. The van der Waals surface area contributed by atoms with Gasteiger partial charge in [0.05, 0.1) is 5.56 Å². The Hall–Kier alpha value is -2.46.